The molecule has 1 fully saturated rings. The van der Waals surface area contributed by atoms with Gasteiger partial charge in [0.05, 0.1) is 17.2 Å². The summed E-state index contributed by atoms with van der Waals surface area (Å²) in [4.78, 5) is 14.6. The quantitative estimate of drug-likeness (QED) is 0.409. The first-order valence-electron chi connectivity index (χ1n) is 10.8. The highest BCUT2D eigenvalue weighted by molar-refractivity contribution is 7.90. The van der Waals surface area contributed by atoms with Crippen molar-refractivity contribution in [2.45, 2.75) is 55.4 Å². The third-order valence-electron chi connectivity index (χ3n) is 7.38. The highest BCUT2D eigenvalue weighted by Crippen LogP contribution is 2.56. The van der Waals surface area contributed by atoms with E-state index >= 15 is 0 Å². The highest BCUT2D eigenvalue weighted by Gasteiger charge is 2.50. The second-order valence-corrected chi connectivity index (χ2v) is 11.8. The molecule has 3 heterocycles. The third kappa shape index (κ3) is 3.73. The van der Waals surface area contributed by atoms with E-state index in [4.69, 9.17) is 5.14 Å². The van der Waals surface area contributed by atoms with Crippen molar-refractivity contribution in [3.8, 4) is 0 Å². The van der Waals surface area contributed by atoms with Crippen LogP contribution in [0.5, 0.6) is 0 Å². The van der Waals surface area contributed by atoms with E-state index in [1.165, 1.54) is 11.1 Å². The van der Waals surface area contributed by atoms with Gasteiger partial charge in [-0.05, 0) is 55.6 Å². The number of nitrogens with two attached hydrogens (primary N) is 1. The largest absolute Gasteiger partial charge is 0.598 e. The Hall–Kier alpha value is -1.74. The van der Waals surface area contributed by atoms with E-state index in [0.29, 0.717) is 11.1 Å². The minimum absolute atomic E-state index is 0.186. The third-order valence-corrected chi connectivity index (χ3v) is 8.84. The van der Waals surface area contributed by atoms with Gasteiger partial charge in [-0.3, -0.25) is 0 Å². The molecule has 164 valence electrons. The summed E-state index contributed by atoms with van der Waals surface area (Å²) in [5, 5.41) is 6.48. The number of benzene rings is 1. The Balaban J connectivity index is 1.40. The molecule has 8 heteroatoms. The van der Waals surface area contributed by atoms with Gasteiger partial charge in [0.1, 0.15) is 10.6 Å². The van der Waals surface area contributed by atoms with Gasteiger partial charge in [0.15, 0.2) is 5.16 Å². The fraction of sp³-hybridized carbons (Fsp3) is 0.478. The van der Waals surface area contributed by atoms with Gasteiger partial charge in [0, 0.05) is 36.9 Å². The van der Waals surface area contributed by atoms with Crippen molar-refractivity contribution < 1.29 is 4.55 Å². The average Bonchev–Trinajstić information content (AvgIpc) is 3.25. The maximum Gasteiger partial charge on any atom is 0.163 e. The SMILES string of the molecule is CC(C)(C[C@@H]1c2ccccc2CC12CCN(c1cc3nc(S)[nH]c3cn1)CC2)[S+](N)[O-]. The maximum atomic E-state index is 12.2. The van der Waals surface area contributed by atoms with E-state index in [-0.39, 0.29) is 5.41 Å². The molecule has 1 aliphatic heterocycles. The molecule has 2 aromatic heterocycles. The van der Waals surface area contributed by atoms with Gasteiger partial charge in [0.2, 0.25) is 0 Å². The molecule has 1 spiro atoms. The summed E-state index contributed by atoms with van der Waals surface area (Å²) in [6, 6.07) is 10.8. The number of fused-ring (bicyclic) bond motifs is 2. The molecule has 0 radical (unpaired) electrons. The van der Waals surface area contributed by atoms with Gasteiger partial charge in [-0.2, -0.15) is 5.14 Å². The van der Waals surface area contributed by atoms with E-state index in [1.807, 2.05) is 26.1 Å². The van der Waals surface area contributed by atoms with E-state index in [1.54, 1.807) is 0 Å². The van der Waals surface area contributed by atoms with E-state index < -0.39 is 16.1 Å². The highest BCUT2D eigenvalue weighted by atomic mass is 32.2. The normalized spacial score (nSPS) is 21.6. The zero-order valence-electron chi connectivity index (χ0n) is 18.0. The number of rotatable bonds is 4. The van der Waals surface area contributed by atoms with Crippen molar-refractivity contribution in [1.29, 1.82) is 0 Å². The number of piperidine rings is 1. The van der Waals surface area contributed by atoms with Crippen LogP contribution in [0, 0.1) is 5.41 Å². The molecule has 3 aromatic rings. The average molecular weight is 456 g/mol. The van der Waals surface area contributed by atoms with Crippen LogP contribution >= 0.6 is 12.6 Å². The molecular formula is C23H29N5OS2. The Labute approximate surface area is 191 Å². The number of H-pyrrole nitrogens is 1. The van der Waals surface area contributed by atoms with Gasteiger partial charge in [0.25, 0.3) is 0 Å². The van der Waals surface area contributed by atoms with Gasteiger partial charge < -0.3 is 14.4 Å². The summed E-state index contributed by atoms with van der Waals surface area (Å²) in [6.45, 7) is 5.97. The Kier molecular flexibility index (Phi) is 5.24. The zero-order chi connectivity index (χ0) is 21.8. The monoisotopic (exact) mass is 455 g/mol. The number of imidazole rings is 1. The molecule has 1 aliphatic carbocycles. The number of hydrogen-bond donors (Lipinski definition) is 3. The van der Waals surface area contributed by atoms with Crippen LogP contribution in [0.25, 0.3) is 11.0 Å². The summed E-state index contributed by atoms with van der Waals surface area (Å²) < 4.78 is 11.8. The van der Waals surface area contributed by atoms with Crippen molar-refractivity contribution in [2.24, 2.45) is 10.6 Å². The van der Waals surface area contributed by atoms with Crippen molar-refractivity contribution in [3.63, 3.8) is 0 Å². The minimum atomic E-state index is -1.35. The molecule has 2 atom stereocenters. The van der Waals surface area contributed by atoms with Crippen molar-refractivity contribution in [3.05, 3.63) is 47.7 Å². The van der Waals surface area contributed by atoms with Crippen molar-refractivity contribution in [1.82, 2.24) is 15.0 Å². The second kappa shape index (κ2) is 7.69. The Morgan fingerprint density at radius 2 is 2.06 bits per heavy atom. The van der Waals surface area contributed by atoms with Crippen LogP contribution < -0.4 is 10.0 Å². The van der Waals surface area contributed by atoms with Gasteiger partial charge in [-0.25, -0.2) is 9.97 Å². The zero-order valence-corrected chi connectivity index (χ0v) is 19.7. The number of aromatic nitrogens is 3. The van der Waals surface area contributed by atoms with Crippen molar-refractivity contribution >= 4 is 40.8 Å². The Bertz CT molecular complexity index is 1100. The summed E-state index contributed by atoms with van der Waals surface area (Å²) >= 11 is 2.95. The lowest BCUT2D eigenvalue weighted by atomic mass is 9.67. The molecule has 6 nitrogen and oxygen atoms in total. The Morgan fingerprint density at radius 1 is 1.32 bits per heavy atom. The molecule has 1 unspecified atom stereocenters. The number of nitrogens with zero attached hydrogens (tertiary/aromatic N) is 3. The first-order valence-corrected chi connectivity index (χ1v) is 12.5. The molecule has 0 amide bonds. The lowest BCUT2D eigenvalue weighted by Crippen LogP contribution is -2.46. The summed E-state index contributed by atoms with van der Waals surface area (Å²) in [5.74, 6) is 1.35. The molecule has 1 saturated heterocycles. The number of hydrogen-bond acceptors (Lipinski definition) is 6. The number of thiol groups is 1. The van der Waals surface area contributed by atoms with Gasteiger partial charge >= 0.3 is 0 Å². The fourth-order valence-electron chi connectivity index (χ4n) is 5.53. The summed E-state index contributed by atoms with van der Waals surface area (Å²) in [7, 11) is 0. The second-order valence-electron chi connectivity index (χ2n) is 9.66. The van der Waals surface area contributed by atoms with Crippen LogP contribution in [0.15, 0.2) is 41.7 Å². The van der Waals surface area contributed by atoms with E-state index in [2.05, 4.69) is 56.7 Å². The molecule has 5 rings (SSSR count). The number of aromatic amines is 1. The molecule has 1 aromatic carbocycles. The van der Waals surface area contributed by atoms with Crippen molar-refractivity contribution in [2.75, 3.05) is 18.0 Å². The maximum absolute atomic E-state index is 12.2. The van der Waals surface area contributed by atoms with Gasteiger partial charge in [-0.1, -0.05) is 24.3 Å². The predicted molar refractivity (Wildman–Crippen MR) is 129 cm³/mol. The molecule has 2 aliphatic rings. The summed E-state index contributed by atoms with van der Waals surface area (Å²) in [6.07, 6.45) is 5.93. The fourth-order valence-corrected chi connectivity index (χ4v) is 6.09. The van der Waals surface area contributed by atoms with Crippen LogP contribution in [0.3, 0.4) is 0 Å². The van der Waals surface area contributed by atoms with E-state index in [0.717, 1.165) is 55.6 Å². The topological polar surface area (TPSA) is 93.9 Å². The van der Waals surface area contributed by atoms with Crippen LogP contribution in [0.1, 0.15) is 50.2 Å². The van der Waals surface area contributed by atoms with Crippen LogP contribution in [-0.2, 0) is 17.8 Å². The Morgan fingerprint density at radius 3 is 2.81 bits per heavy atom. The lowest BCUT2D eigenvalue weighted by molar-refractivity contribution is 0.170. The van der Waals surface area contributed by atoms with Gasteiger partial charge in [-0.15, -0.1) is 12.6 Å². The molecular weight excluding hydrogens is 426 g/mol. The molecule has 0 bridgehead atoms. The predicted octanol–water partition coefficient (Wildman–Crippen LogP) is 3.96. The number of pyridine rings is 1. The minimum Gasteiger partial charge on any atom is -0.598 e. The molecule has 0 saturated carbocycles. The first kappa shape index (κ1) is 21.1. The number of nitrogens with one attached hydrogen (secondary N) is 1. The lowest BCUT2D eigenvalue weighted by Gasteiger charge is -2.45. The number of anilines is 1. The molecule has 3 N–H and O–H groups in total. The van der Waals surface area contributed by atoms with Crippen LogP contribution in [0.4, 0.5) is 5.82 Å². The summed E-state index contributed by atoms with van der Waals surface area (Å²) in [5.41, 5.74) is 4.86. The first-order chi connectivity index (χ1) is 14.8. The van der Waals surface area contributed by atoms with E-state index in [9.17, 15) is 4.55 Å². The smallest absolute Gasteiger partial charge is 0.163 e. The standard InChI is InChI=1S/C23H29N5OS2/c1-22(2,31(24)29)13-17-16-6-4-3-5-15(16)12-23(17)7-9-28(10-8-23)20-11-18-19(14-25-20)27-21(30)26-18/h3-6,11,14,17H,7-10,12-13,24H2,1-2H3,(H2,26,27,30)/t17-,31?/m1/s1. The molecule has 31 heavy (non-hydrogen) atoms. The van der Waals surface area contributed by atoms with Crippen LogP contribution in [0.2, 0.25) is 0 Å². The van der Waals surface area contributed by atoms with Crippen LogP contribution in [-0.4, -0.2) is 37.3 Å².